The molecule has 25 heavy (non-hydrogen) atoms. The Bertz CT molecular complexity index is 717. The van der Waals surface area contributed by atoms with Crippen LogP contribution in [0.4, 0.5) is 0 Å². The zero-order chi connectivity index (χ0) is 18.2. The number of carbonyl (C=O) groups is 2. The van der Waals surface area contributed by atoms with Crippen molar-refractivity contribution in [1.82, 2.24) is 5.32 Å². The van der Waals surface area contributed by atoms with E-state index in [2.05, 4.69) is 5.32 Å². The Morgan fingerprint density at radius 1 is 1.48 bits per heavy atom. The molecular formula is C17H19N3O5. The van der Waals surface area contributed by atoms with Crippen LogP contribution in [0.15, 0.2) is 23.8 Å². The van der Waals surface area contributed by atoms with Gasteiger partial charge in [0.15, 0.2) is 18.1 Å². The molecule has 1 saturated heterocycles. The van der Waals surface area contributed by atoms with Crippen LogP contribution in [0.1, 0.15) is 18.4 Å². The van der Waals surface area contributed by atoms with Crippen LogP contribution >= 0.6 is 0 Å². The molecule has 8 nitrogen and oxygen atoms in total. The number of ether oxygens (including phenoxy) is 3. The molecule has 1 atom stereocenters. The minimum Gasteiger partial charge on any atom is -0.493 e. The molecule has 0 aromatic heterocycles. The van der Waals surface area contributed by atoms with Gasteiger partial charge in [0, 0.05) is 6.61 Å². The number of rotatable bonds is 7. The number of nitrogens with zero attached hydrogens (tertiary/aromatic N) is 1. The fraction of sp³-hybridized carbons (Fsp3) is 0.353. The Morgan fingerprint density at radius 2 is 2.28 bits per heavy atom. The SMILES string of the molecule is COc1cc(/C=C(\C#N)C(=O)N[C@H]2CCCO2)ccc1OCC(N)=O. The van der Waals surface area contributed by atoms with E-state index in [1.807, 2.05) is 6.07 Å². The molecule has 0 spiro atoms. The smallest absolute Gasteiger partial charge is 0.263 e. The molecule has 1 aliphatic heterocycles. The third kappa shape index (κ3) is 5.22. The fourth-order valence-corrected chi connectivity index (χ4v) is 2.27. The largest absolute Gasteiger partial charge is 0.493 e. The fourth-order valence-electron chi connectivity index (χ4n) is 2.27. The number of amides is 2. The zero-order valence-electron chi connectivity index (χ0n) is 13.8. The lowest BCUT2D eigenvalue weighted by Crippen LogP contribution is -2.34. The Hall–Kier alpha value is -3.05. The zero-order valence-corrected chi connectivity index (χ0v) is 13.8. The van der Waals surface area contributed by atoms with E-state index in [1.54, 1.807) is 18.2 Å². The third-order valence-electron chi connectivity index (χ3n) is 3.46. The van der Waals surface area contributed by atoms with E-state index in [9.17, 15) is 14.9 Å². The van der Waals surface area contributed by atoms with Gasteiger partial charge in [-0.05, 0) is 36.6 Å². The number of hydrogen-bond acceptors (Lipinski definition) is 6. The van der Waals surface area contributed by atoms with Crippen LogP contribution in [-0.2, 0) is 14.3 Å². The van der Waals surface area contributed by atoms with Crippen LogP contribution < -0.4 is 20.5 Å². The van der Waals surface area contributed by atoms with Gasteiger partial charge < -0.3 is 25.3 Å². The van der Waals surface area contributed by atoms with Gasteiger partial charge in [-0.2, -0.15) is 5.26 Å². The van der Waals surface area contributed by atoms with Gasteiger partial charge in [-0.1, -0.05) is 6.07 Å². The second-order valence-corrected chi connectivity index (χ2v) is 5.31. The lowest BCUT2D eigenvalue weighted by atomic mass is 10.1. The molecule has 0 aliphatic carbocycles. The van der Waals surface area contributed by atoms with Gasteiger partial charge in [0.05, 0.1) is 7.11 Å². The van der Waals surface area contributed by atoms with Crippen LogP contribution in [0.5, 0.6) is 11.5 Å². The molecule has 2 rings (SSSR count). The molecule has 8 heteroatoms. The van der Waals surface area contributed by atoms with E-state index in [1.165, 1.54) is 13.2 Å². The predicted octanol–water partition coefficient (Wildman–Crippen LogP) is 0.719. The average molecular weight is 345 g/mol. The highest BCUT2D eigenvalue weighted by molar-refractivity contribution is 6.01. The number of nitrogens with one attached hydrogen (secondary N) is 1. The standard InChI is InChI=1S/C17H19N3O5/c1-23-14-8-11(4-5-13(14)25-10-15(19)21)7-12(9-18)17(22)20-16-3-2-6-24-16/h4-5,7-8,16H,2-3,6,10H2,1H3,(H2,19,21)(H,20,22)/b12-7+/t16-/m1/s1. The Kier molecular flexibility index (Phi) is 6.37. The molecule has 1 fully saturated rings. The molecule has 0 radical (unpaired) electrons. The van der Waals surface area contributed by atoms with Crippen molar-refractivity contribution in [2.24, 2.45) is 5.73 Å². The van der Waals surface area contributed by atoms with Crippen molar-refractivity contribution in [3.63, 3.8) is 0 Å². The maximum atomic E-state index is 12.1. The van der Waals surface area contributed by atoms with Crippen LogP contribution in [0.25, 0.3) is 6.08 Å². The molecule has 0 unspecified atom stereocenters. The highest BCUT2D eigenvalue weighted by atomic mass is 16.5. The first-order valence-corrected chi connectivity index (χ1v) is 7.67. The van der Waals surface area contributed by atoms with Gasteiger partial charge in [0.25, 0.3) is 11.8 Å². The second kappa shape index (κ2) is 8.70. The summed E-state index contributed by atoms with van der Waals surface area (Å²) >= 11 is 0. The summed E-state index contributed by atoms with van der Waals surface area (Å²) in [6, 6.07) is 6.67. The minimum absolute atomic E-state index is 0.0524. The van der Waals surface area contributed by atoms with E-state index < -0.39 is 11.8 Å². The molecule has 0 saturated carbocycles. The van der Waals surface area contributed by atoms with Crippen LogP contribution in [0, 0.1) is 11.3 Å². The van der Waals surface area contributed by atoms with Gasteiger partial charge in [-0.25, -0.2) is 0 Å². The molecule has 1 aromatic carbocycles. The predicted molar refractivity (Wildman–Crippen MR) is 88.4 cm³/mol. The molecule has 1 aliphatic rings. The number of nitriles is 1. The van der Waals surface area contributed by atoms with Crippen molar-refractivity contribution in [2.75, 3.05) is 20.3 Å². The van der Waals surface area contributed by atoms with Crippen LogP contribution in [-0.4, -0.2) is 38.4 Å². The summed E-state index contributed by atoms with van der Waals surface area (Å²) in [5.74, 6) is -0.418. The molecule has 2 amide bonds. The van der Waals surface area contributed by atoms with E-state index in [0.29, 0.717) is 23.7 Å². The maximum absolute atomic E-state index is 12.1. The van der Waals surface area contributed by atoms with Gasteiger partial charge in [-0.15, -0.1) is 0 Å². The number of benzene rings is 1. The summed E-state index contributed by atoms with van der Waals surface area (Å²) in [4.78, 5) is 22.9. The molecule has 0 bridgehead atoms. The van der Waals surface area contributed by atoms with Crippen LogP contribution in [0.2, 0.25) is 0 Å². The molecule has 1 heterocycles. The van der Waals surface area contributed by atoms with Gasteiger partial charge in [0.1, 0.15) is 17.9 Å². The molecule has 1 aromatic rings. The van der Waals surface area contributed by atoms with Crippen molar-refractivity contribution < 1.29 is 23.8 Å². The van der Waals surface area contributed by atoms with Gasteiger partial charge in [0.2, 0.25) is 0 Å². The Labute approximate surface area is 145 Å². The van der Waals surface area contributed by atoms with Crippen molar-refractivity contribution in [2.45, 2.75) is 19.1 Å². The summed E-state index contributed by atoms with van der Waals surface area (Å²) in [7, 11) is 1.44. The number of primary amides is 1. The topological polar surface area (TPSA) is 124 Å². The van der Waals surface area contributed by atoms with E-state index in [-0.39, 0.29) is 18.4 Å². The summed E-state index contributed by atoms with van der Waals surface area (Å²) in [5.41, 5.74) is 5.56. The van der Waals surface area contributed by atoms with Crippen molar-refractivity contribution >= 4 is 17.9 Å². The Morgan fingerprint density at radius 3 is 2.88 bits per heavy atom. The molecule has 3 N–H and O–H groups in total. The monoisotopic (exact) mass is 345 g/mol. The second-order valence-electron chi connectivity index (χ2n) is 5.31. The Balaban J connectivity index is 2.14. The highest BCUT2D eigenvalue weighted by Gasteiger charge is 2.20. The van der Waals surface area contributed by atoms with E-state index in [4.69, 9.17) is 19.9 Å². The lowest BCUT2D eigenvalue weighted by Gasteiger charge is -2.12. The number of carbonyl (C=O) groups excluding carboxylic acids is 2. The third-order valence-corrected chi connectivity index (χ3v) is 3.46. The normalized spacial score (nSPS) is 16.8. The summed E-state index contributed by atoms with van der Waals surface area (Å²) in [6.45, 7) is 0.319. The summed E-state index contributed by atoms with van der Waals surface area (Å²) in [5, 5.41) is 11.9. The van der Waals surface area contributed by atoms with Crippen molar-refractivity contribution in [3.05, 3.63) is 29.3 Å². The quantitative estimate of drug-likeness (QED) is 0.554. The van der Waals surface area contributed by atoms with E-state index in [0.717, 1.165) is 12.8 Å². The molecular weight excluding hydrogens is 326 g/mol. The van der Waals surface area contributed by atoms with E-state index >= 15 is 0 Å². The summed E-state index contributed by atoms with van der Waals surface area (Å²) in [6.07, 6.45) is 2.68. The van der Waals surface area contributed by atoms with Gasteiger partial charge >= 0.3 is 0 Å². The first kappa shape index (κ1) is 18.3. The number of hydrogen-bond donors (Lipinski definition) is 2. The highest BCUT2D eigenvalue weighted by Crippen LogP contribution is 2.29. The minimum atomic E-state index is -0.608. The maximum Gasteiger partial charge on any atom is 0.263 e. The average Bonchev–Trinajstić information content (AvgIpc) is 3.10. The first-order valence-electron chi connectivity index (χ1n) is 7.67. The summed E-state index contributed by atoms with van der Waals surface area (Å²) < 4.78 is 15.7. The van der Waals surface area contributed by atoms with Crippen molar-refractivity contribution in [1.29, 1.82) is 5.26 Å². The number of nitrogens with two attached hydrogens (primary N) is 1. The first-order chi connectivity index (χ1) is 12.0. The lowest BCUT2D eigenvalue weighted by molar-refractivity contribution is -0.120. The van der Waals surface area contributed by atoms with Crippen LogP contribution in [0.3, 0.4) is 0 Å². The van der Waals surface area contributed by atoms with Gasteiger partial charge in [-0.3, -0.25) is 9.59 Å². The molecule has 132 valence electrons. The van der Waals surface area contributed by atoms with Crippen molar-refractivity contribution in [3.8, 4) is 17.6 Å². The number of methoxy groups -OCH3 is 1.